The van der Waals surface area contributed by atoms with Crippen LogP contribution in [0, 0.1) is 6.92 Å². The molecule has 1 heterocycles. The maximum Gasteiger partial charge on any atom is 0.356 e. The number of ketones is 1. The topological polar surface area (TPSA) is 72.1 Å². The van der Waals surface area contributed by atoms with Gasteiger partial charge in [0.25, 0.3) is 0 Å². The third-order valence-electron chi connectivity index (χ3n) is 3.89. The van der Waals surface area contributed by atoms with Gasteiger partial charge < -0.3 is 4.74 Å². The van der Waals surface area contributed by atoms with Crippen LogP contribution in [0.2, 0.25) is 0 Å². The Bertz CT molecular complexity index is 915. The number of thioether (sulfide) groups is 1. The SMILES string of the molecule is CSc1ccc(C(=O)COC(=O)c2cc(-c3ccc(C)cc3)n[nH]2)cc1. The maximum atomic E-state index is 12.1. The first-order valence-electron chi connectivity index (χ1n) is 8.03. The fourth-order valence-electron chi connectivity index (χ4n) is 2.37. The van der Waals surface area contributed by atoms with Gasteiger partial charge in [-0.15, -0.1) is 11.8 Å². The van der Waals surface area contributed by atoms with Crippen molar-refractivity contribution in [3.63, 3.8) is 0 Å². The van der Waals surface area contributed by atoms with E-state index >= 15 is 0 Å². The fraction of sp³-hybridized carbons (Fsp3) is 0.150. The number of aromatic amines is 1. The van der Waals surface area contributed by atoms with Crippen molar-refractivity contribution in [2.24, 2.45) is 0 Å². The summed E-state index contributed by atoms with van der Waals surface area (Å²) in [5, 5.41) is 6.79. The van der Waals surface area contributed by atoms with Gasteiger partial charge in [0.05, 0.1) is 5.69 Å². The van der Waals surface area contributed by atoms with E-state index in [9.17, 15) is 9.59 Å². The summed E-state index contributed by atoms with van der Waals surface area (Å²) in [6.45, 7) is 1.69. The molecule has 2 aromatic carbocycles. The van der Waals surface area contributed by atoms with Crippen molar-refractivity contribution in [3.05, 3.63) is 71.4 Å². The van der Waals surface area contributed by atoms with Gasteiger partial charge in [0.2, 0.25) is 0 Å². The van der Waals surface area contributed by atoms with Gasteiger partial charge in [0, 0.05) is 16.0 Å². The summed E-state index contributed by atoms with van der Waals surface area (Å²) in [6, 6.07) is 16.6. The number of H-pyrrole nitrogens is 1. The van der Waals surface area contributed by atoms with Crippen LogP contribution in [0.3, 0.4) is 0 Å². The quantitative estimate of drug-likeness (QED) is 0.403. The maximum absolute atomic E-state index is 12.1. The number of rotatable bonds is 6. The molecule has 132 valence electrons. The first-order chi connectivity index (χ1) is 12.6. The molecule has 26 heavy (non-hydrogen) atoms. The van der Waals surface area contributed by atoms with Crippen LogP contribution in [0.15, 0.2) is 59.5 Å². The van der Waals surface area contributed by atoms with E-state index < -0.39 is 5.97 Å². The van der Waals surface area contributed by atoms with Crippen molar-refractivity contribution in [1.29, 1.82) is 0 Å². The Morgan fingerprint density at radius 1 is 1.08 bits per heavy atom. The highest BCUT2D eigenvalue weighted by molar-refractivity contribution is 7.98. The van der Waals surface area contributed by atoms with Gasteiger partial charge >= 0.3 is 5.97 Å². The smallest absolute Gasteiger partial charge is 0.356 e. The van der Waals surface area contributed by atoms with Crippen LogP contribution in [0.1, 0.15) is 26.4 Å². The number of benzene rings is 2. The van der Waals surface area contributed by atoms with E-state index in [4.69, 9.17) is 4.74 Å². The highest BCUT2D eigenvalue weighted by atomic mass is 32.2. The number of Topliss-reactive ketones (excluding diaryl/α,β-unsaturated/α-hetero) is 1. The van der Waals surface area contributed by atoms with Crippen LogP contribution in [0.4, 0.5) is 0 Å². The third-order valence-corrected chi connectivity index (χ3v) is 4.64. The lowest BCUT2D eigenvalue weighted by Crippen LogP contribution is -2.14. The van der Waals surface area contributed by atoms with Crippen molar-refractivity contribution < 1.29 is 14.3 Å². The number of nitrogens with one attached hydrogen (secondary N) is 1. The van der Waals surface area contributed by atoms with Crippen molar-refractivity contribution in [2.75, 3.05) is 12.9 Å². The Balaban J connectivity index is 1.61. The summed E-state index contributed by atoms with van der Waals surface area (Å²) in [4.78, 5) is 25.3. The second kappa shape index (κ2) is 8.01. The van der Waals surface area contributed by atoms with E-state index in [1.165, 1.54) is 0 Å². The van der Waals surface area contributed by atoms with Crippen molar-refractivity contribution in [1.82, 2.24) is 10.2 Å². The molecule has 0 aliphatic rings. The summed E-state index contributed by atoms with van der Waals surface area (Å²) in [7, 11) is 0. The zero-order valence-electron chi connectivity index (χ0n) is 14.5. The number of aryl methyl sites for hydroxylation is 1. The predicted molar refractivity (Wildman–Crippen MR) is 102 cm³/mol. The Hall–Kier alpha value is -2.86. The highest BCUT2D eigenvalue weighted by Crippen LogP contribution is 2.19. The predicted octanol–water partition coefficient (Wildman–Crippen LogP) is 4.15. The van der Waals surface area contributed by atoms with Gasteiger partial charge in [-0.05, 0) is 31.4 Å². The Labute approximate surface area is 155 Å². The minimum atomic E-state index is -0.607. The average Bonchev–Trinajstić information content (AvgIpc) is 3.16. The second-order valence-electron chi connectivity index (χ2n) is 5.76. The lowest BCUT2D eigenvalue weighted by Gasteiger charge is -2.03. The average molecular weight is 366 g/mol. The number of esters is 1. The number of aromatic nitrogens is 2. The molecule has 3 rings (SSSR count). The molecule has 0 radical (unpaired) electrons. The number of hydrogen-bond acceptors (Lipinski definition) is 5. The lowest BCUT2D eigenvalue weighted by molar-refractivity contribution is 0.0469. The second-order valence-corrected chi connectivity index (χ2v) is 6.64. The molecule has 1 N–H and O–H groups in total. The number of hydrogen-bond donors (Lipinski definition) is 1. The molecule has 0 spiro atoms. The standard InChI is InChI=1S/C20H18N2O3S/c1-13-3-5-14(6-4-13)17-11-18(22-21-17)20(24)25-12-19(23)15-7-9-16(26-2)10-8-15/h3-11H,12H2,1-2H3,(H,21,22). The highest BCUT2D eigenvalue weighted by Gasteiger charge is 2.15. The van der Waals surface area contributed by atoms with Gasteiger partial charge in [-0.25, -0.2) is 4.79 Å². The van der Waals surface area contributed by atoms with Gasteiger partial charge in [-0.3, -0.25) is 9.89 Å². The molecule has 0 unspecified atom stereocenters. The zero-order chi connectivity index (χ0) is 18.5. The number of nitrogens with zero attached hydrogens (tertiary/aromatic N) is 1. The van der Waals surface area contributed by atoms with Crippen LogP contribution >= 0.6 is 11.8 Å². The van der Waals surface area contributed by atoms with E-state index in [1.54, 1.807) is 30.0 Å². The number of carbonyl (C=O) groups excluding carboxylic acids is 2. The van der Waals surface area contributed by atoms with Gasteiger partial charge in [0.1, 0.15) is 5.69 Å². The van der Waals surface area contributed by atoms with Crippen LogP contribution in [-0.4, -0.2) is 34.8 Å². The molecule has 0 aliphatic carbocycles. The first kappa shape index (κ1) is 17.9. The van der Waals surface area contributed by atoms with Crippen molar-refractivity contribution >= 4 is 23.5 Å². The molecule has 1 aromatic heterocycles. The lowest BCUT2D eigenvalue weighted by atomic mass is 10.1. The van der Waals surface area contributed by atoms with Crippen molar-refractivity contribution in [2.45, 2.75) is 11.8 Å². The zero-order valence-corrected chi connectivity index (χ0v) is 15.3. The van der Waals surface area contributed by atoms with E-state index in [0.717, 1.165) is 16.0 Å². The molecular formula is C20H18N2O3S. The molecule has 3 aromatic rings. The molecule has 5 nitrogen and oxygen atoms in total. The number of ether oxygens (including phenoxy) is 1. The Kier molecular flexibility index (Phi) is 5.53. The van der Waals surface area contributed by atoms with E-state index in [2.05, 4.69) is 10.2 Å². The first-order valence-corrected chi connectivity index (χ1v) is 9.26. The number of carbonyl (C=O) groups is 2. The molecule has 0 amide bonds. The molecule has 0 saturated carbocycles. The molecule has 6 heteroatoms. The molecule has 0 aliphatic heterocycles. The van der Waals surface area contributed by atoms with E-state index in [-0.39, 0.29) is 18.1 Å². The normalized spacial score (nSPS) is 10.5. The van der Waals surface area contributed by atoms with E-state index in [0.29, 0.717) is 11.3 Å². The summed E-state index contributed by atoms with van der Waals surface area (Å²) in [5.74, 6) is -0.853. The molecular weight excluding hydrogens is 348 g/mol. The van der Waals surface area contributed by atoms with E-state index in [1.807, 2.05) is 49.6 Å². The molecule has 0 saturated heterocycles. The van der Waals surface area contributed by atoms with Crippen LogP contribution in [0.5, 0.6) is 0 Å². The summed E-state index contributed by atoms with van der Waals surface area (Å²) < 4.78 is 5.10. The fourth-order valence-corrected chi connectivity index (χ4v) is 2.78. The molecule has 0 fully saturated rings. The van der Waals surface area contributed by atoms with Crippen LogP contribution < -0.4 is 0 Å². The monoisotopic (exact) mass is 366 g/mol. The van der Waals surface area contributed by atoms with Crippen LogP contribution in [-0.2, 0) is 4.74 Å². The summed E-state index contributed by atoms with van der Waals surface area (Å²) >= 11 is 1.60. The Morgan fingerprint density at radius 3 is 2.42 bits per heavy atom. The minimum absolute atomic E-state index is 0.214. The van der Waals surface area contributed by atoms with Gasteiger partial charge in [-0.2, -0.15) is 5.10 Å². The van der Waals surface area contributed by atoms with Gasteiger partial charge in [-0.1, -0.05) is 42.0 Å². The minimum Gasteiger partial charge on any atom is -0.453 e. The summed E-state index contributed by atoms with van der Waals surface area (Å²) in [6.07, 6.45) is 1.97. The molecule has 0 atom stereocenters. The largest absolute Gasteiger partial charge is 0.453 e. The van der Waals surface area contributed by atoms with Crippen molar-refractivity contribution in [3.8, 4) is 11.3 Å². The Morgan fingerprint density at radius 2 is 1.77 bits per heavy atom. The third kappa shape index (κ3) is 4.21. The van der Waals surface area contributed by atoms with Gasteiger partial charge in [0.15, 0.2) is 12.4 Å². The molecule has 0 bridgehead atoms. The van der Waals surface area contributed by atoms with Crippen LogP contribution in [0.25, 0.3) is 11.3 Å². The summed E-state index contributed by atoms with van der Waals surface area (Å²) in [5.41, 5.74) is 3.42.